The fraction of sp³-hybridized carbons (Fsp3) is 0.273. The van der Waals surface area contributed by atoms with Gasteiger partial charge in [-0.3, -0.25) is 0 Å². The average Bonchev–Trinajstić information content (AvgIpc) is 2.22. The molecule has 1 rings (SSSR count). The van der Waals surface area contributed by atoms with Gasteiger partial charge in [0.25, 0.3) is 0 Å². The zero-order valence-corrected chi connectivity index (χ0v) is 8.73. The molecule has 0 saturated carbocycles. The van der Waals surface area contributed by atoms with E-state index in [1.807, 2.05) is 19.1 Å². The molecule has 0 N–H and O–H groups in total. The van der Waals surface area contributed by atoms with Crippen molar-refractivity contribution in [2.75, 3.05) is 6.61 Å². The lowest BCUT2D eigenvalue weighted by atomic mass is 10.1. The van der Waals surface area contributed by atoms with E-state index in [-0.39, 0.29) is 12.3 Å². The van der Waals surface area contributed by atoms with E-state index >= 15 is 0 Å². The number of nitrogens with zero attached hydrogens (tertiary/aromatic N) is 2. The largest absolute Gasteiger partial charge is 0.457 e. The molecule has 0 amide bonds. The third kappa shape index (κ3) is 2.76. The van der Waals surface area contributed by atoms with Gasteiger partial charge < -0.3 is 10.3 Å². The fourth-order valence-corrected chi connectivity index (χ4v) is 1.13. The van der Waals surface area contributed by atoms with Crippen molar-refractivity contribution < 1.29 is 14.3 Å². The first-order valence-corrected chi connectivity index (χ1v) is 4.65. The van der Waals surface area contributed by atoms with Crippen molar-refractivity contribution in [1.29, 1.82) is 0 Å². The highest BCUT2D eigenvalue weighted by Crippen LogP contribution is 2.04. The highest BCUT2D eigenvalue weighted by atomic mass is 16.5. The minimum atomic E-state index is -0.621. The predicted molar refractivity (Wildman–Crippen MR) is 55.5 cm³/mol. The maximum atomic E-state index is 11.3. The predicted octanol–water partition coefficient (Wildman–Crippen LogP) is 1.58. The van der Waals surface area contributed by atoms with Crippen LogP contribution in [0.1, 0.15) is 18.1 Å². The Morgan fingerprint density at radius 2 is 2.00 bits per heavy atom. The molecule has 0 heterocycles. The van der Waals surface area contributed by atoms with Gasteiger partial charge >= 0.3 is 11.7 Å². The van der Waals surface area contributed by atoms with E-state index in [1.54, 1.807) is 19.1 Å². The van der Waals surface area contributed by atoms with Crippen LogP contribution in [-0.2, 0) is 9.53 Å². The van der Waals surface area contributed by atoms with Crippen LogP contribution in [0.3, 0.4) is 0 Å². The number of hydrogen-bond acceptors (Lipinski definition) is 2. The van der Waals surface area contributed by atoms with Crippen LogP contribution >= 0.6 is 0 Å². The summed E-state index contributed by atoms with van der Waals surface area (Å²) < 4.78 is 4.75. The minimum absolute atomic E-state index is 0.0724. The Balaban J connectivity index is 2.99. The van der Waals surface area contributed by atoms with E-state index in [9.17, 15) is 4.79 Å². The van der Waals surface area contributed by atoms with Gasteiger partial charge in [0.15, 0.2) is 0 Å². The number of esters is 1. The number of rotatable bonds is 3. The molecule has 0 aromatic heterocycles. The summed E-state index contributed by atoms with van der Waals surface area (Å²) in [6.07, 6.45) is 0. The summed E-state index contributed by atoms with van der Waals surface area (Å²) in [6, 6.07) is 7.09. The van der Waals surface area contributed by atoms with Gasteiger partial charge in [-0.15, -0.1) is 0 Å². The molecule has 0 aliphatic carbocycles. The van der Waals surface area contributed by atoms with Crippen LogP contribution < -0.4 is 0 Å². The Hall–Kier alpha value is -1.93. The van der Waals surface area contributed by atoms with Gasteiger partial charge in [0.05, 0.1) is 12.2 Å². The van der Waals surface area contributed by atoms with Crippen molar-refractivity contribution >= 4 is 11.7 Å². The molecule has 0 spiro atoms. The molecule has 0 aliphatic heterocycles. The number of ether oxygens (including phenoxy) is 1. The quantitative estimate of drug-likeness (QED) is 0.325. The number of aryl methyl sites for hydroxylation is 1. The van der Waals surface area contributed by atoms with Crippen LogP contribution in [-0.4, -0.2) is 23.1 Å². The van der Waals surface area contributed by atoms with Crippen LogP contribution in [0.2, 0.25) is 0 Å². The summed E-state index contributed by atoms with van der Waals surface area (Å²) in [5.41, 5.74) is 10.3. The van der Waals surface area contributed by atoms with E-state index in [2.05, 4.69) is 4.79 Å². The topological polar surface area (TPSA) is 62.7 Å². The van der Waals surface area contributed by atoms with E-state index < -0.39 is 5.97 Å². The van der Waals surface area contributed by atoms with Crippen molar-refractivity contribution in [3.8, 4) is 0 Å². The molecule has 0 fully saturated rings. The average molecular weight is 204 g/mol. The Morgan fingerprint density at radius 1 is 1.40 bits per heavy atom. The summed E-state index contributed by atoms with van der Waals surface area (Å²) >= 11 is 0. The van der Waals surface area contributed by atoms with Crippen molar-refractivity contribution in [2.24, 2.45) is 0 Å². The van der Waals surface area contributed by atoms with Gasteiger partial charge in [0.1, 0.15) is 0 Å². The highest BCUT2D eigenvalue weighted by Gasteiger charge is 2.23. The monoisotopic (exact) mass is 204 g/mol. The lowest BCUT2D eigenvalue weighted by Crippen LogP contribution is -2.19. The van der Waals surface area contributed by atoms with Gasteiger partial charge in [0, 0.05) is 0 Å². The standard InChI is InChI=1S/C11H12N2O2/c1-3-15-11(14)10(13-12)9-6-4-8(2)5-7-9/h4-7H,3H2,1-2H3. The van der Waals surface area contributed by atoms with Crippen LogP contribution in [0.25, 0.3) is 5.53 Å². The second-order valence-electron chi connectivity index (χ2n) is 3.04. The van der Waals surface area contributed by atoms with Crippen LogP contribution in [0.5, 0.6) is 0 Å². The van der Waals surface area contributed by atoms with Crippen LogP contribution in [0, 0.1) is 6.92 Å². The highest BCUT2D eigenvalue weighted by molar-refractivity contribution is 6.40. The smallest absolute Gasteiger partial charge is 0.422 e. The van der Waals surface area contributed by atoms with Gasteiger partial charge in [-0.05, 0) is 26.0 Å². The Labute approximate surface area is 88.1 Å². The fourth-order valence-electron chi connectivity index (χ4n) is 1.13. The maximum Gasteiger partial charge on any atom is 0.422 e. The zero-order chi connectivity index (χ0) is 11.3. The first-order valence-electron chi connectivity index (χ1n) is 4.65. The van der Waals surface area contributed by atoms with Crippen molar-refractivity contribution in [1.82, 2.24) is 0 Å². The summed E-state index contributed by atoms with van der Waals surface area (Å²) in [7, 11) is 0. The molecular formula is C11H12N2O2. The molecule has 4 heteroatoms. The summed E-state index contributed by atoms with van der Waals surface area (Å²) in [5.74, 6) is -0.621. The van der Waals surface area contributed by atoms with Gasteiger partial charge in [0.2, 0.25) is 0 Å². The van der Waals surface area contributed by atoms with Gasteiger partial charge in [-0.2, -0.15) is 4.79 Å². The van der Waals surface area contributed by atoms with E-state index in [4.69, 9.17) is 10.3 Å². The number of carbonyl (C=O) groups is 1. The third-order valence-electron chi connectivity index (χ3n) is 1.89. The molecular weight excluding hydrogens is 192 g/mol. The lowest BCUT2D eigenvalue weighted by Gasteiger charge is -1.98. The molecule has 1 aromatic carbocycles. The summed E-state index contributed by atoms with van der Waals surface area (Å²) in [4.78, 5) is 14.3. The van der Waals surface area contributed by atoms with Crippen LogP contribution in [0.15, 0.2) is 24.3 Å². The second-order valence-corrected chi connectivity index (χ2v) is 3.04. The SMILES string of the molecule is CCOC(=O)C(=[N+]=[N-])c1ccc(C)cc1. The van der Waals surface area contributed by atoms with E-state index in [1.165, 1.54) is 0 Å². The molecule has 1 aromatic rings. The van der Waals surface area contributed by atoms with Crippen LogP contribution in [0.4, 0.5) is 0 Å². The molecule has 0 atom stereocenters. The van der Waals surface area contributed by atoms with Gasteiger partial charge in [-0.25, -0.2) is 4.79 Å². The van der Waals surface area contributed by atoms with Crippen molar-refractivity contribution in [2.45, 2.75) is 13.8 Å². The lowest BCUT2D eigenvalue weighted by molar-refractivity contribution is -0.139. The molecule has 0 saturated heterocycles. The molecule has 0 radical (unpaired) electrons. The number of carbonyl (C=O) groups excluding carboxylic acids is 1. The normalized spacial score (nSPS) is 9.20. The molecule has 0 bridgehead atoms. The third-order valence-corrected chi connectivity index (χ3v) is 1.89. The summed E-state index contributed by atoms with van der Waals surface area (Å²) in [5, 5.41) is 0. The Bertz CT molecular complexity index is 403. The van der Waals surface area contributed by atoms with Crippen molar-refractivity contribution in [3.05, 3.63) is 40.9 Å². The molecule has 78 valence electrons. The van der Waals surface area contributed by atoms with Crippen molar-refractivity contribution in [3.63, 3.8) is 0 Å². The first kappa shape index (κ1) is 11.1. The summed E-state index contributed by atoms with van der Waals surface area (Å²) in [6.45, 7) is 3.88. The molecule has 0 aliphatic rings. The maximum absolute atomic E-state index is 11.3. The van der Waals surface area contributed by atoms with Gasteiger partial charge in [-0.1, -0.05) is 17.7 Å². The number of benzene rings is 1. The second kappa shape index (κ2) is 5.08. The minimum Gasteiger partial charge on any atom is -0.457 e. The molecule has 0 unspecified atom stereocenters. The van der Waals surface area contributed by atoms with E-state index in [0.717, 1.165) is 5.56 Å². The first-order chi connectivity index (χ1) is 7.19. The van der Waals surface area contributed by atoms with E-state index in [0.29, 0.717) is 5.56 Å². The zero-order valence-electron chi connectivity index (χ0n) is 8.73. The molecule has 4 nitrogen and oxygen atoms in total. The number of hydrogen-bond donors (Lipinski definition) is 0. The molecule has 15 heavy (non-hydrogen) atoms. The Kier molecular flexibility index (Phi) is 3.77. The Morgan fingerprint density at radius 3 is 2.47 bits per heavy atom.